The summed E-state index contributed by atoms with van der Waals surface area (Å²) in [4.78, 5) is 0. The summed E-state index contributed by atoms with van der Waals surface area (Å²) in [6.45, 7) is 0. The van der Waals surface area contributed by atoms with E-state index in [-0.39, 0.29) is 0 Å². The number of furan rings is 1. The fourth-order valence-corrected chi connectivity index (χ4v) is 8.97. The number of benzene rings is 9. The number of fused-ring (bicyclic) bond motifs is 11. The minimum Gasteiger partial charge on any atom is -0.456 e. The van der Waals surface area contributed by atoms with Crippen molar-refractivity contribution in [2.75, 3.05) is 0 Å². The molecule has 0 saturated heterocycles. The molecule has 0 unspecified atom stereocenters. The van der Waals surface area contributed by atoms with Gasteiger partial charge in [0.15, 0.2) is 0 Å². The molecule has 3 heterocycles. The third-order valence-corrected chi connectivity index (χ3v) is 11.5. The quantitative estimate of drug-likeness (QED) is 0.179. The average Bonchev–Trinajstić information content (AvgIpc) is 3.91. The second-order valence-electron chi connectivity index (χ2n) is 14.5. The summed E-state index contributed by atoms with van der Waals surface area (Å²) in [5.41, 5.74) is 13.6. The van der Waals surface area contributed by atoms with E-state index >= 15 is 0 Å². The molecular weight excluding hydrogens is 669 g/mol. The van der Waals surface area contributed by atoms with Crippen LogP contribution in [0.2, 0.25) is 0 Å². The van der Waals surface area contributed by atoms with Crippen LogP contribution in [0.4, 0.5) is 0 Å². The van der Waals surface area contributed by atoms with Crippen molar-refractivity contribution < 1.29 is 4.42 Å². The monoisotopic (exact) mass is 700 g/mol. The molecule has 0 saturated carbocycles. The highest BCUT2D eigenvalue weighted by molar-refractivity contribution is 6.19. The van der Waals surface area contributed by atoms with E-state index in [1.807, 2.05) is 12.1 Å². The van der Waals surface area contributed by atoms with Crippen LogP contribution in [-0.2, 0) is 0 Å². The van der Waals surface area contributed by atoms with Gasteiger partial charge >= 0.3 is 0 Å². The van der Waals surface area contributed by atoms with Gasteiger partial charge in [-0.25, -0.2) is 0 Å². The van der Waals surface area contributed by atoms with Gasteiger partial charge in [-0.05, 0) is 88.3 Å². The molecule has 12 aromatic rings. The second-order valence-corrected chi connectivity index (χ2v) is 14.5. The van der Waals surface area contributed by atoms with E-state index in [1.54, 1.807) is 0 Å². The fourth-order valence-electron chi connectivity index (χ4n) is 8.97. The molecule has 0 aliphatic rings. The Balaban J connectivity index is 1.05. The molecule has 12 rings (SSSR count). The third-order valence-electron chi connectivity index (χ3n) is 11.5. The highest BCUT2D eigenvalue weighted by Gasteiger charge is 2.19. The van der Waals surface area contributed by atoms with Crippen LogP contribution < -0.4 is 0 Å². The fraction of sp³-hybridized carbons (Fsp3) is 0. The Morgan fingerprint density at radius 2 is 0.891 bits per heavy atom. The van der Waals surface area contributed by atoms with Crippen molar-refractivity contribution in [3.05, 3.63) is 194 Å². The minimum atomic E-state index is 0.897. The number of aromatic nitrogens is 2. The van der Waals surface area contributed by atoms with Gasteiger partial charge in [-0.15, -0.1) is 0 Å². The van der Waals surface area contributed by atoms with E-state index in [0.29, 0.717) is 0 Å². The molecule has 3 nitrogen and oxygen atoms in total. The van der Waals surface area contributed by atoms with Crippen LogP contribution in [0, 0.1) is 0 Å². The zero-order chi connectivity index (χ0) is 36.0. The summed E-state index contributed by atoms with van der Waals surface area (Å²) in [6, 6.07) is 70.4. The number of hydrogen-bond donors (Lipinski definition) is 0. The van der Waals surface area contributed by atoms with Crippen molar-refractivity contribution in [3.63, 3.8) is 0 Å². The van der Waals surface area contributed by atoms with Crippen molar-refractivity contribution in [3.8, 4) is 33.6 Å². The predicted molar refractivity (Wildman–Crippen MR) is 231 cm³/mol. The van der Waals surface area contributed by atoms with Crippen LogP contribution in [0.5, 0.6) is 0 Å². The molecule has 0 radical (unpaired) electrons. The van der Waals surface area contributed by atoms with Crippen LogP contribution >= 0.6 is 0 Å². The van der Waals surface area contributed by atoms with Crippen molar-refractivity contribution in [2.45, 2.75) is 0 Å². The highest BCUT2D eigenvalue weighted by atomic mass is 16.3. The van der Waals surface area contributed by atoms with Crippen LogP contribution in [-0.4, -0.2) is 9.13 Å². The topological polar surface area (TPSA) is 23.0 Å². The van der Waals surface area contributed by atoms with Crippen LogP contribution in [0.3, 0.4) is 0 Å². The first-order valence-corrected chi connectivity index (χ1v) is 18.8. The lowest BCUT2D eigenvalue weighted by atomic mass is 10.00. The van der Waals surface area contributed by atoms with Gasteiger partial charge in [-0.2, -0.15) is 0 Å². The molecular formula is C52H32N2O. The van der Waals surface area contributed by atoms with Crippen molar-refractivity contribution in [1.82, 2.24) is 9.13 Å². The van der Waals surface area contributed by atoms with Crippen molar-refractivity contribution >= 4 is 76.3 Å². The number of hydrogen-bond acceptors (Lipinski definition) is 1. The summed E-state index contributed by atoms with van der Waals surface area (Å²) < 4.78 is 11.1. The molecule has 256 valence electrons. The Morgan fingerprint density at radius 1 is 0.291 bits per heavy atom. The lowest BCUT2D eigenvalue weighted by molar-refractivity contribution is 0.668. The molecule has 0 aliphatic carbocycles. The van der Waals surface area contributed by atoms with Gasteiger partial charge in [-0.3, -0.25) is 0 Å². The first-order valence-electron chi connectivity index (χ1n) is 18.8. The van der Waals surface area contributed by atoms with E-state index in [9.17, 15) is 0 Å². The predicted octanol–water partition coefficient (Wildman–Crippen LogP) is 14.3. The molecule has 0 aliphatic heterocycles. The van der Waals surface area contributed by atoms with E-state index in [0.717, 1.165) is 33.3 Å². The maximum absolute atomic E-state index is 6.32. The Labute approximate surface area is 316 Å². The summed E-state index contributed by atoms with van der Waals surface area (Å²) in [5, 5.41) is 9.71. The molecule has 3 aromatic heterocycles. The van der Waals surface area contributed by atoms with E-state index in [2.05, 4.69) is 191 Å². The van der Waals surface area contributed by atoms with Crippen LogP contribution in [0.25, 0.3) is 110 Å². The molecule has 0 atom stereocenters. The number of nitrogens with zero attached hydrogens (tertiary/aromatic N) is 2. The molecule has 55 heavy (non-hydrogen) atoms. The van der Waals surface area contributed by atoms with E-state index in [1.165, 1.54) is 76.6 Å². The number of rotatable bonds is 4. The standard InChI is InChI=1S/C52H32N2O/c1-2-11-33(12-3-1)35-14-10-15-38(29-35)54-49-28-23-37(31-46(49)44-25-21-34-13-4-5-16-40(34)52(44)54)36-22-27-48-45(30-36)41-17-6-8-19-47(41)53(48)39-24-26-43-42-18-7-9-20-50(42)55-51(43)32-39/h1-32H. The Bertz CT molecular complexity index is 3490. The Kier molecular flexibility index (Phi) is 6.34. The maximum Gasteiger partial charge on any atom is 0.137 e. The molecule has 0 fully saturated rings. The Morgan fingerprint density at radius 3 is 1.75 bits per heavy atom. The molecule has 9 aromatic carbocycles. The molecule has 0 N–H and O–H groups in total. The zero-order valence-electron chi connectivity index (χ0n) is 29.8. The lowest BCUT2D eigenvalue weighted by Gasteiger charge is -2.12. The summed E-state index contributed by atoms with van der Waals surface area (Å²) in [6.07, 6.45) is 0. The SMILES string of the molecule is c1ccc(-c2cccc(-n3c4ccc(-c5ccc6c(c5)c5ccccc5n6-c5ccc6c(c5)oc5ccccc56)cc4c4ccc5ccccc5c43)c2)cc1. The van der Waals surface area contributed by atoms with Crippen molar-refractivity contribution in [1.29, 1.82) is 0 Å². The summed E-state index contributed by atoms with van der Waals surface area (Å²) in [7, 11) is 0. The van der Waals surface area contributed by atoms with Gasteiger partial charge < -0.3 is 13.6 Å². The van der Waals surface area contributed by atoms with Gasteiger partial charge in [0, 0.05) is 55.1 Å². The largest absolute Gasteiger partial charge is 0.456 e. The minimum absolute atomic E-state index is 0.897. The van der Waals surface area contributed by atoms with Gasteiger partial charge in [0.25, 0.3) is 0 Å². The molecule has 3 heteroatoms. The summed E-state index contributed by atoms with van der Waals surface area (Å²) >= 11 is 0. The first-order chi connectivity index (χ1) is 27.3. The summed E-state index contributed by atoms with van der Waals surface area (Å²) in [5.74, 6) is 0. The van der Waals surface area contributed by atoms with E-state index < -0.39 is 0 Å². The normalized spacial score (nSPS) is 12.0. The van der Waals surface area contributed by atoms with Crippen LogP contribution in [0.1, 0.15) is 0 Å². The molecule has 0 spiro atoms. The second kappa shape index (κ2) is 11.6. The van der Waals surface area contributed by atoms with E-state index in [4.69, 9.17) is 4.42 Å². The highest BCUT2D eigenvalue weighted by Crippen LogP contribution is 2.41. The van der Waals surface area contributed by atoms with Crippen LogP contribution in [0.15, 0.2) is 199 Å². The van der Waals surface area contributed by atoms with Crippen molar-refractivity contribution in [2.24, 2.45) is 0 Å². The maximum atomic E-state index is 6.32. The van der Waals surface area contributed by atoms with Gasteiger partial charge in [0.05, 0.1) is 22.1 Å². The average molecular weight is 701 g/mol. The Hall–Kier alpha value is -7.36. The third kappa shape index (κ3) is 4.50. The first kappa shape index (κ1) is 30.1. The van der Waals surface area contributed by atoms with Gasteiger partial charge in [0.2, 0.25) is 0 Å². The molecule has 0 bridgehead atoms. The van der Waals surface area contributed by atoms with Gasteiger partial charge in [0.1, 0.15) is 11.2 Å². The zero-order valence-corrected chi connectivity index (χ0v) is 29.8. The van der Waals surface area contributed by atoms with Gasteiger partial charge in [-0.1, -0.05) is 127 Å². The lowest BCUT2D eigenvalue weighted by Crippen LogP contribution is -1.95. The molecule has 0 amide bonds. The number of para-hydroxylation sites is 2. The smallest absolute Gasteiger partial charge is 0.137 e.